The summed E-state index contributed by atoms with van der Waals surface area (Å²) in [5.41, 5.74) is 4.39. The third-order valence-corrected chi connectivity index (χ3v) is 3.99. The number of hydrogen-bond donors (Lipinski definition) is 1. The van der Waals surface area contributed by atoms with Crippen molar-refractivity contribution >= 4 is 0 Å². The number of fused-ring (bicyclic) bond motifs is 1. The first-order valence-corrected chi connectivity index (χ1v) is 7.45. The van der Waals surface area contributed by atoms with Crippen molar-refractivity contribution in [1.82, 2.24) is 10.2 Å². The van der Waals surface area contributed by atoms with Crippen LogP contribution in [0.1, 0.15) is 16.7 Å². The summed E-state index contributed by atoms with van der Waals surface area (Å²) in [6.07, 6.45) is 1.19. The Morgan fingerprint density at radius 3 is 2.50 bits per heavy atom. The Kier molecular flexibility index (Phi) is 4.46. The van der Waals surface area contributed by atoms with E-state index < -0.39 is 0 Å². The predicted molar refractivity (Wildman–Crippen MR) is 83.6 cm³/mol. The smallest absolute Gasteiger partial charge is 0.0237 e. The van der Waals surface area contributed by atoms with Crippen LogP contribution < -0.4 is 5.32 Å². The van der Waals surface area contributed by atoms with Crippen molar-refractivity contribution in [2.45, 2.75) is 19.5 Å². The van der Waals surface area contributed by atoms with Crippen molar-refractivity contribution < 1.29 is 0 Å². The maximum Gasteiger partial charge on any atom is 0.0237 e. The molecule has 2 aromatic carbocycles. The molecule has 3 rings (SSSR count). The molecule has 0 aromatic heterocycles. The zero-order chi connectivity index (χ0) is 13.6. The van der Waals surface area contributed by atoms with Crippen molar-refractivity contribution in [3.05, 3.63) is 71.3 Å². The third-order valence-electron chi connectivity index (χ3n) is 3.99. The Morgan fingerprint density at radius 2 is 1.65 bits per heavy atom. The van der Waals surface area contributed by atoms with Crippen molar-refractivity contribution in [2.24, 2.45) is 0 Å². The van der Waals surface area contributed by atoms with Gasteiger partial charge >= 0.3 is 0 Å². The predicted octanol–water partition coefficient (Wildman–Crippen LogP) is 2.83. The fraction of sp³-hybridized carbons (Fsp3) is 0.333. The molecule has 1 aliphatic heterocycles. The van der Waals surface area contributed by atoms with Crippen LogP contribution in [0.15, 0.2) is 54.6 Å². The lowest BCUT2D eigenvalue weighted by molar-refractivity contribution is 0.254. The molecule has 2 aromatic rings. The molecule has 1 N–H and O–H groups in total. The molecule has 20 heavy (non-hydrogen) atoms. The highest BCUT2D eigenvalue weighted by Crippen LogP contribution is 2.17. The second kappa shape index (κ2) is 6.69. The van der Waals surface area contributed by atoms with Gasteiger partial charge in [-0.05, 0) is 23.1 Å². The van der Waals surface area contributed by atoms with E-state index >= 15 is 0 Å². The highest BCUT2D eigenvalue weighted by atomic mass is 15.1. The second-order valence-electron chi connectivity index (χ2n) is 5.46. The van der Waals surface area contributed by atoms with Gasteiger partial charge in [0.25, 0.3) is 0 Å². The molecule has 0 bridgehead atoms. The SMILES string of the molecule is c1ccc(CNCCN2CCc3ccccc3C2)cc1. The zero-order valence-corrected chi connectivity index (χ0v) is 11.9. The molecule has 0 saturated heterocycles. The summed E-state index contributed by atoms with van der Waals surface area (Å²) in [5, 5.41) is 3.53. The number of benzene rings is 2. The van der Waals surface area contributed by atoms with Gasteiger partial charge < -0.3 is 5.32 Å². The van der Waals surface area contributed by atoms with Gasteiger partial charge in [-0.25, -0.2) is 0 Å². The van der Waals surface area contributed by atoms with Crippen LogP contribution in [0.25, 0.3) is 0 Å². The molecule has 2 nitrogen and oxygen atoms in total. The van der Waals surface area contributed by atoms with E-state index in [0.29, 0.717) is 0 Å². The maximum absolute atomic E-state index is 3.53. The van der Waals surface area contributed by atoms with Gasteiger partial charge in [-0.1, -0.05) is 54.6 Å². The minimum atomic E-state index is 0.964. The first-order chi connectivity index (χ1) is 9.92. The van der Waals surface area contributed by atoms with Crippen LogP contribution in [0.5, 0.6) is 0 Å². The van der Waals surface area contributed by atoms with E-state index in [2.05, 4.69) is 64.8 Å². The minimum Gasteiger partial charge on any atom is -0.311 e. The number of nitrogens with zero attached hydrogens (tertiary/aromatic N) is 1. The van der Waals surface area contributed by atoms with Crippen LogP contribution in [0.4, 0.5) is 0 Å². The summed E-state index contributed by atoms with van der Waals surface area (Å²) in [6.45, 7) is 5.43. The molecule has 0 radical (unpaired) electrons. The molecule has 0 saturated carbocycles. The summed E-state index contributed by atoms with van der Waals surface area (Å²) >= 11 is 0. The summed E-state index contributed by atoms with van der Waals surface area (Å²) in [6, 6.07) is 19.4. The van der Waals surface area contributed by atoms with Crippen LogP contribution >= 0.6 is 0 Å². The topological polar surface area (TPSA) is 15.3 Å². The Labute approximate surface area is 121 Å². The van der Waals surface area contributed by atoms with E-state index in [4.69, 9.17) is 0 Å². The largest absolute Gasteiger partial charge is 0.311 e. The lowest BCUT2D eigenvalue weighted by Crippen LogP contribution is -2.35. The molecule has 0 atom stereocenters. The highest BCUT2D eigenvalue weighted by Gasteiger charge is 2.14. The number of rotatable bonds is 5. The Hall–Kier alpha value is -1.64. The second-order valence-corrected chi connectivity index (χ2v) is 5.46. The maximum atomic E-state index is 3.53. The van der Waals surface area contributed by atoms with E-state index in [9.17, 15) is 0 Å². The summed E-state index contributed by atoms with van der Waals surface area (Å²) in [7, 11) is 0. The molecule has 0 aliphatic carbocycles. The average Bonchev–Trinajstić information content (AvgIpc) is 2.52. The van der Waals surface area contributed by atoms with E-state index in [-0.39, 0.29) is 0 Å². The van der Waals surface area contributed by atoms with E-state index in [1.165, 1.54) is 29.7 Å². The quantitative estimate of drug-likeness (QED) is 0.837. The van der Waals surface area contributed by atoms with Gasteiger partial charge in [-0.15, -0.1) is 0 Å². The van der Waals surface area contributed by atoms with Gasteiger partial charge in [0.1, 0.15) is 0 Å². The van der Waals surface area contributed by atoms with Gasteiger partial charge in [0.05, 0.1) is 0 Å². The van der Waals surface area contributed by atoms with Gasteiger partial charge in [-0.2, -0.15) is 0 Å². The Bertz CT molecular complexity index is 536. The Balaban J connectivity index is 1.42. The average molecular weight is 266 g/mol. The lowest BCUT2D eigenvalue weighted by atomic mass is 10.00. The molecule has 1 heterocycles. The summed E-state index contributed by atoms with van der Waals surface area (Å²) in [4.78, 5) is 2.54. The number of nitrogens with one attached hydrogen (secondary N) is 1. The lowest BCUT2D eigenvalue weighted by Gasteiger charge is -2.28. The van der Waals surface area contributed by atoms with Crippen molar-refractivity contribution in [2.75, 3.05) is 19.6 Å². The Morgan fingerprint density at radius 1 is 0.900 bits per heavy atom. The normalized spacial score (nSPS) is 15.0. The van der Waals surface area contributed by atoms with Gasteiger partial charge in [-0.3, -0.25) is 4.90 Å². The fourth-order valence-electron chi connectivity index (χ4n) is 2.81. The molecule has 0 unspecified atom stereocenters. The summed E-state index contributed by atoms with van der Waals surface area (Å²) < 4.78 is 0. The van der Waals surface area contributed by atoms with Gasteiger partial charge in [0.15, 0.2) is 0 Å². The van der Waals surface area contributed by atoms with Crippen LogP contribution in [0.3, 0.4) is 0 Å². The van der Waals surface area contributed by atoms with Crippen molar-refractivity contribution in [3.8, 4) is 0 Å². The molecule has 1 aliphatic rings. The van der Waals surface area contributed by atoms with Crippen molar-refractivity contribution in [3.63, 3.8) is 0 Å². The monoisotopic (exact) mass is 266 g/mol. The minimum absolute atomic E-state index is 0.964. The molecular formula is C18H22N2. The first kappa shape index (κ1) is 13.3. The van der Waals surface area contributed by atoms with Gasteiger partial charge in [0, 0.05) is 32.7 Å². The molecule has 2 heteroatoms. The first-order valence-electron chi connectivity index (χ1n) is 7.45. The van der Waals surface area contributed by atoms with Crippen LogP contribution in [-0.4, -0.2) is 24.5 Å². The molecule has 0 fully saturated rings. The highest BCUT2D eigenvalue weighted by molar-refractivity contribution is 5.29. The van der Waals surface area contributed by atoms with E-state index in [0.717, 1.165) is 26.2 Å². The van der Waals surface area contributed by atoms with Gasteiger partial charge in [0.2, 0.25) is 0 Å². The third kappa shape index (κ3) is 3.47. The van der Waals surface area contributed by atoms with Crippen LogP contribution in [0, 0.1) is 0 Å². The molecule has 0 amide bonds. The zero-order valence-electron chi connectivity index (χ0n) is 11.9. The number of hydrogen-bond acceptors (Lipinski definition) is 2. The van der Waals surface area contributed by atoms with Crippen LogP contribution in [0.2, 0.25) is 0 Å². The van der Waals surface area contributed by atoms with Crippen LogP contribution in [-0.2, 0) is 19.5 Å². The molecule has 0 spiro atoms. The van der Waals surface area contributed by atoms with Crippen molar-refractivity contribution in [1.29, 1.82) is 0 Å². The molecular weight excluding hydrogens is 244 g/mol. The fourth-order valence-corrected chi connectivity index (χ4v) is 2.81. The van der Waals surface area contributed by atoms with E-state index in [1.54, 1.807) is 0 Å². The summed E-state index contributed by atoms with van der Waals surface area (Å²) in [5.74, 6) is 0. The standard InChI is InChI=1S/C18H22N2/c1-2-6-16(7-3-1)14-19-11-13-20-12-10-17-8-4-5-9-18(17)15-20/h1-9,19H,10-15H2. The molecule has 104 valence electrons. The van der Waals surface area contributed by atoms with E-state index in [1.807, 2.05) is 0 Å².